The Morgan fingerprint density at radius 1 is 1.73 bits per heavy atom. The molecule has 0 aliphatic carbocycles. The Labute approximate surface area is 89.6 Å². The zero-order chi connectivity index (χ0) is 11.5. The fourth-order valence-electron chi connectivity index (χ4n) is 1.80. The van der Waals surface area contributed by atoms with Gasteiger partial charge < -0.3 is 9.64 Å². The molecule has 1 saturated heterocycles. The van der Waals surface area contributed by atoms with Gasteiger partial charge in [0.2, 0.25) is 5.91 Å². The molecule has 1 amide bonds. The summed E-state index contributed by atoms with van der Waals surface area (Å²) in [5, 5.41) is 0. The molecule has 0 aromatic carbocycles. The number of ether oxygens (including phenoxy) is 1. The van der Waals surface area contributed by atoms with Crippen molar-refractivity contribution in [2.75, 3.05) is 20.2 Å². The van der Waals surface area contributed by atoms with Crippen molar-refractivity contribution in [3.8, 4) is 12.3 Å². The fourth-order valence-corrected chi connectivity index (χ4v) is 1.80. The Kier molecular flexibility index (Phi) is 3.35. The molecular weight excluding hydrogens is 194 g/mol. The predicted molar refractivity (Wildman–Crippen MR) is 54.8 cm³/mol. The standard InChI is InChI=1S/C11H15NO3/c1-4-6-11(10(14)15-5-2)7-8-12(3)9(11)13/h1H,5-8H2,2-3H3. The molecule has 0 bridgehead atoms. The van der Waals surface area contributed by atoms with Gasteiger partial charge in [-0.3, -0.25) is 9.59 Å². The number of hydrogen-bond donors (Lipinski definition) is 0. The molecule has 0 spiro atoms. The third kappa shape index (κ3) is 1.82. The molecule has 1 aliphatic heterocycles. The van der Waals surface area contributed by atoms with Crippen molar-refractivity contribution in [3.63, 3.8) is 0 Å². The molecule has 1 rings (SSSR count). The van der Waals surface area contributed by atoms with Gasteiger partial charge in [-0.1, -0.05) is 0 Å². The van der Waals surface area contributed by atoms with Crippen molar-refractivity contribution in [1.82, 2.24) is 4.90 Å². The van der Waals surface area contributed by atoms with Crippen LogP contribution >= 0.6 is 0 Å². The van der Waals surface area contributed by atoms with Gasteiger partial charge >= 0.3 is 5.97 Å². The van der Waals surface area contributed by atoms with Gasteiger partial charge in [0.25, 0.3) is 0 Å². The number of esters is 1. The highest BCUT2D eigenvalue weighted by Gasteiger charge is 2.52. The lowest BCUT2D eigenvalue weighted by atomic mass is 9.83. The average Bonchev–Trinajstić information content (AvgIpc) is 2.48. The Balaban J connectivity index is 2.95. The van der Waals surface area contributed by atoms with E-state index in [1.54, 1.807) is 14.0 Å². The molecule has 82 valence electrons. The normalized spacial score (nSPS) is 25.1. The van der Waals surface area contributed by atoms with Crippen molar-refractivity contribution >= 4 is 11.9 Å². The zero-order valence-corrected chi connectivity index (χ0v) is 9.08. The van der Waals surface area contributed by atoms with E-state index in [1.165, 1.54) is 4.90 Å². The van der Waals surface area contributed by atoms with Gasteiger partial charge in [0.05, 0.1) is 6.61 Å². The Hall–Kier alpha value is -1.50. The van der Waals surface area contributed by atoms with Crippen LogP contribution in [0.2, 0.25) is 0 Å². The summed E-state index contributed by atoms with van der Waals surface area (Å²) in [5.41, 5.74) is -1.13. The van der Waals surface area contributed by atoms with Gasteiger partial charge in [0.1, 0.15) is 0 Å². The lowest BCUT2D eigenvalue weighted by Crippen LogP contribution is -2.40. The van der Waals surface area contributed by atoms with E-state index in [1.807, 2.05) is 0 Å². The first-order chi connectivity index (χ1) is 7.08. The van der Waals surface area contributed by atoms with Crippen LogP contribution in [0.25, 0.3) is 0 Å². The number of terminal acetylenes is 1. The smallest absolute Gasteiger partial charge is 0.322 e. The minimum Gasteiger partial charge on any atom is -0.465 e. The number of amides is 1. The van der Waals surface area contributed by atoms with E-state index in [9.17, 15) is 9.59 Å². The Morgan fingerprint density at radius 3 is 2.80 bits per heavy atom. The van der Waals surface area contributed by atoms with Gasteiger partial charge in [-0.15, -0.1) is 12.3 Å². The third-order valence-electron chi connectivity index (χ3n) is 2.70. The third-order valence-corrected chi connectivity index (χ3v) is 2.70. The molecule has 0 N–H and O–H groups in total. The molecule has 4 nitrogen and oxygen atoms in total. The number of nitrogens with zero attached hydrogens (tertiary/aromatic N) is 1. The van der Waals surface area contributed by atoms with E-state index in [-0.39, 0.29) is 18.9 Å². The van der Waals surface area contributed by atoms with Crippen molar-refractivity contribution in [3.05, 3.63) is 0 Å². The van der Waals surface area contributed by atoms with Gasteiger partial charge in [0, 0.05) is 20.0 Å². The average molecular weight is 209 g/mol. The summed E-state index contributed by atoms with van der Waals surface area (Å²) in [6.45, 7) is 2.53. The minimum atomic E-state index is -1.13. The lowest BCUT2D eigenvalue weighted by molar-refractivity contribution is -0.160. The van der Waals surface area contributed by atoms with Crippen molar-refractivity contribution in [1.29, 1.82) is 0 Å². The monoisotopic (exact) mass is 209 g/mol. The van der Waals surface area contributed by atoms with Crippen LogP contribution in [-0.4, -0.2) is 37.0 Å². The quantitative estimate of drug-likeness (QED) is 0.384. The topological polar surface area (TPSA) is 46.6 Å². The highest BCUT2D eigenvalue weighted by atomic mass is 16.5. The SMILES string of the molecule is C#CCC1(C(=O)OCC)CCN(C)C1=O. The van der Waals surface area contributed by atoms with Crippen LogP contribution in [0.4, 0.5) is 0 Å². The first-order valence-electron chi connectivity index (χ1n) is 4.94. The van der Waals surface area contributed by atoms with E-state index < -0.39 is 11.4 Å². The molecule has 0 saturated carbocycles. The van der Waals surface area contributed by atoms with E-state index in [0.717, 1.165) is 0 Å². The number of carbonyl (C=O) groups is 2. The van der Waals surface area contributed by atoms with Crippen molar-refractivity contribution in [2.45, 2.75) is 19.8 Å². The molecule has 4 heteroatoms. The Bertz CT molecular complexity index is 318. The first-order valence-corrected chi connectivity index (χ1v) is 4.94. The maximum Gasteiger partial charge on any atom is 0.322 e. The number of hydrogen-bond acceptors (Lipinski definition) is 3. The summed E-state index contributed by atoms with van der Waals surface area (Å²) < 4.78 is 4.92. The molecular formula is C11H15NO3. The number of likely N-dealkylation sites (tertiary alicyclic amines) is 1. The van der Waals surface area contributed by atoms with E-state index >= 15 is 0 Å². The van der Waals surface area contributed by atoms with E-state index in [2.05, 4.69) is 5.92 Å². The molecule has 1 fully saturated rings. The van der Waals surface area contributed by atoms with E-state index in [0.29, 0.717) is 13.0 Å². The highest BCUT2D eigenvalue weighted by molar-refractivity contribution is 6.04. The maximum atomic E-state index is 11.9. The zero-order valence-electron chi connectivity index (χ0n) is 9.08. The highest BCUT2D eigenvalue weighted by Crippen LogP contribution is 2.35. The van der Waals surface area contributed by atoms with Gasteiger partial charge in [-0.25, -0.2) is 0 Å². The van der Waals surface area contributed by atoms with Crippen LogP contribution < -0.4 is 0 Å². The number of carbonyl (C=O) groups excluding carboxylic acids is 2. The molecule has 1 heterocycles. The molecule has 1 atom stereocenters. The summed E-state index contributed by atoms with van der Waals surface area (Å²) in [4.78, 5) is 25.1. The van der Waals surface area contributed by atoms with Crippen molar-refractivity contribution in [2.24, 2.45) is 5.41 Å². The van der Waals surface area contributed by atoms with Gasteiger partial charge in [-0.05, 0) is 13.3 Å². The van der Waals surface area contributed by atoms with Gasteiger partial charge in [0.15, 0.2) is 5.41 Å². The molecule has 0 aromatic rings. The second kappa shape index (κ2) is 4.35. The fraction of sp³-hybridized carbons (Fsp3) is 0.636. The van der Waals surface area contributed by atoms with Gasteiger partial charge in [-0.2, -0.15) is 0 Å². The lowest BCUT2D eigenvalue weighted by Gasteiger charge is -2.22. The summed E-state index contributed by atoms with van der Waals surface area (Å²) in [6.07, 6.45) is 5.78. The Morgan fingerprint density at radius 2 is 2.40 bits per heavy atom. The van der Waals surface area contributed by atoms with Crippen LogP contribution in [0.1, 0.15) is 19.8 Å². The summed E-state index contributed by atoms with van der Waals surface area (Å²) >= 11 is 0. The summed E-state index contributed by atoms with van der Waals surface area (Å²) in [6, 6.07) is 0. The van der Waals surface area contributed by atoms with Crippen molar-refractivity contribution < 1.29 is 14.3 Å². The van der Waals surface area contributed by atoms with Crippen LogP contribution in [0.15, 0.2) is 0 Å². The molecule has 1 aliphatic rings. The summed E-state index contributed by atoms with van der Waals surface area (Å²) in [7, 11) is 1.67. The second-order valence-electron chi connectivity index (χ2n) is 3.66. The number of rotatable bonds is 3. The minimum absolute atomic E-state index is 0.120. The van der Waals surface area contributed by atoms with Crippen LogP contribution in [-0.2, 0) is 14.3 Å². The van der Waals surface area contributed by atoms with Crippen LogP contribution in [0, 0.1) is 17.8 Å². The van der Waals surface area contributed by atoms with Crippen LogP contribution in [0.3, 0.4) is 0 Å². The predicted octanol–water partition coefficient (Wildman–Crippen LogP) is 0.421. The van der Waals surface area contributed by atoms with E-state index in [4.69, 9.17) is 11.2 Å². The summed E-state index contributed by atoms with van der Waals surface area (Å²) in [5.74, 6) is 1.68. The largest absolute Gasteiger partial charge is 0.465 e. The molecule has 0 radical (unpaired) electrons. The molecule has 0 aromatic heterocycles. The first kappa shape index (κ1) is 11.6. The molecule has 15 heavy (non-hydrogen) atoms. The molecule has 1 unspecified atom stereocenters. The maximum absolute atomic E-state index is 11.9. The second-order valence-corrected chi connectivity index (χ2v) is 3.66. The van der Waals surface area contributed by atoms with Crippen LogP contribution in [0.5, 0.6) is 0 Å².